The first-order valence-corrected chi connectivity index (χ1v) is 7.44. The lowest BCUT2D eigenvalue weighted by Gasteiger charge is -2.31. The Morgan fingerprint density at radius 1 is 1.50 bits per heavy atom. The predicted octanol–water partition coefficient (Wildman–Crippen LogP) is 0.136. The molecule has 1 aliphatic heterocycles. The number of carbonyl (C=O) groups is 2. The van der Waals surface area contributed by atoms with E-state index in [2.05, 4.69) is 0 Å². The summed E-state index contributed by atoms with van der Waals surface area (Å²) in [4.78, 5) is 24.9. The Morgan fingerprint density at radius 2 is 2.30 bits per heavy atom. The number of piperidine rings is 1. The second-order valence-corrected chi connectivity index (χ2v) is 5.73. The van der Waals surface area contributed by atoms with Crippen molar-refractivity contribution in [2.45, 2.75) is 17.9 Å². The molecule has 1 atom stereocenters. The lowest BCUT2D eigenvalue weighted by molar-refractivity contribution is -0.645. The molecule has 0 spiro atoms. The van der Waals surface area contributed by atoms with Gasteiger partial charge in [0.05, 0.1) is 11.7 Å². The smallest absolute Gasteiger partial charge is 0.251 e. The molecule has 0 unspecified atom stereocenters. The van der Waals surface area contributed by atoms with Crippen LogP contribution < -0.4 is 10.5 Å². The van der Waals surface area contributed by atoms with Gasteiger partial charge in [-0.15, -0.1) is 0 Å². The second kappa shape index (κ2) is 6.60. The number of amides is 2. The molecule has 6 nitrogen and oxygen atoms in total. The molecular weight excluding hydrogens is 278 g/mol. The van der Waals surface area contributed by atoms with Crippen molar-refractivity contribution in [2.75, 3.05) is 18.8 Å². The third-order valence-electron chi connectivity index (χ3n) is 3.31. The Kier molecular flexibility index (Phi) is 4.84. The largest absolute Gasteiger partial charge is 0.618 e. The maximum atomic E-state index is 12.1. The van der Waals surface area contributed by atoms with Gasteiger partial charge in [0.25, 0.3) is 5.03 Å². The molecule has 2 amide bonds. The molecule has 0 aromatic carbocycles. The van der Waals surface area contributed by atoms with E-state index < -0.39 is 0 Å². The summed E-state index contributed by atoms with van der Waals surface area (Å²) in [7, 11) is 0. The summed E-state index contributed by atoms with van der Waals surface area (Å²) in [6, 6.07) is 5.07. The van der Waals surface area contributed by atoms with E-state index in [4.69, 9.17) is 5.73 Å². The van der Waals surface area contributed by atoms with Crippen molar-refractivity contribution in [3.05, 3.63) is 29.6 Å². The van der Waals surface area contributed by atoms with Crippen LogP contribution in [0.1, 0.15) is 12.8 Å². The highest BCUT2D eigenvalue weighted by Crippen LogP contribution is 2.19. The zero-order valence-corrected chi connectivity index (χ0v) is 11.8. The van der Waals surface area contributed by atoms with Crippen molar-refractivity contribution >= 4 is 23.6 Å². The molecule has 2 heterocycles. The number of hydrogen-bond donors (Lipinski definition) is 1. The molecule has 0 bridgehead atoms. The summed E-state index contributed by atoms with van der Waals surface area (Å²) in [6.07, 6.45) is 2.93. The van der Waals surface area contributed by atoms with Crippen LogP contribution in [0, 0.1) is 11.1 Å². The van der Waals surface area contributed by atoms with Crippen LogP contribution >= 0.6 is 11.8 Å². The number of primary amides is 1. The number of carbonyl (C=O) groups excluding carboxylic acids is 2. The van der Waals surface area contributed by atoms with E-state index in [1.165, 1.54) is 18.0 Å². The normalized spacial score (nSPS) is 18.8. The SMILES string of the molecule is NC(=O)[C@@H]1CCCN(C(=O)CSc2cccc[n+]2[O-])C1. The molecule has 1 aromatic heterocycles. The lowest BCUT2D eigenvalue weighted by atomic mass is 9.97. The van der Waals surface area contributed by atoms with E-state index in [0.717, 1.165) is 17.6 Å². The van der Waals surface area contributed by atoms with Crippen LogP contribution in [-0.4, -0.2) is 35.6 Å². The third kappa shape index (κ3) is 3.63. The van der Waals surface area contributed by atoms with Gasteiger partial charge in [-0.1, -0.05) is 0 Å². The Hall–Kier alpha value is -1.76. The van der Waals surface area contributed by atoms with Gasteiger partial charge in [-0.2, -0.15) is 4.73 Å². The van der Waals surface area contributed by atoms with Crippen LogP contribution in [0.4, 0.5) is 0 Å². The molecule has 108 valence electrons. The number of likely N-dealkylation sites (tertiary alicyclic amines) is 1. The molecule has 2 rings (SSSR count). The van der Waals surface area contributed by atoms with Gasteiger partial charge in [0.1, 0.15) is 0 Å². The van der Waals surface area contributed by atoms with Crippen LogP contribution in [0.3, 0.4) is 0 Å². The summed E-state index contributed by atoms with van der Waals surface area (Å²) in [6.45, 7) is 1.04. The van der Waals surface area contributed by atoms with Crippen molar-refractivity contribution in [3.63, 3.8) is 0 Å². The van der Waals surface area contributed by atoms with Gasteiger partial charge >= 0.3 is 0 Å². The van der Waals surface area contributed by atoms with Crippen LogP contribution in [0.15, 0.2) is 29.4 Å². The molecule has 1 fully saturated rings. The van der Waals surface area contributed by atoms with Gasteiger partial charge in [0.2, 0.25) is 11.8 Å². The molecule has 1 aromatic rings. The fraction of sp³-hybridized carbons (Fsp3) is 0.462. The standard InChI is InChI=1S/C13H17N3O3S/c14-13(18)10-4-3-6-15(8-10)11(17)9-20-12-5-1-2-7-16(12)19/h1-2,5,7,10H,3-4,6,8-9H2,(H2,14,18)/t10-/m1/s1. The maximum Gasteiger partial charge on any atom is 0.251 e. The number of hydrogen-bond acceptors (Lipinski definition) is 4. The van der Waals surface area contributed by atoms with Gasteiger partial charge in [0.15, 0.2) is 6.20 Å². The summed E-state index contributed by atoms with van der Waals surface area (Å²) in [5.41, 5.74) is 5.29. The van der Waals surface area contributed by atoms with E-state index in [1.54, 1.807) is 23.1 Å². The molecule has 0 saturated carbocycles. The Labute approximate surface area is 121 Å². The van der Waals surface area contributed by atoms with E-state index in [0.29, 0.717) is 18.1 Å². The van der Waals surface area contributed by atoms with Crippen LogP contribution in [0.5, 0.6) is 0 Å². The fourth-order valence-corrected chi connectivity index (χ4v) is 3.00. The van der Waals surface area contributed by atoms with Gasteiger partial charge in [-0.3, -0.25) is 9.59 Å². The molecular formula is C13H17N3O3S. The Morgan fingerprint density at radius 3 is 3.00 bits per heavy atom. The second-order valence-electron chi connectivity index (χ2n) is 4.73. The minimum Gasteiger partial charge on any atom is -0.618 e. The van der Waals surface area contributed by atoms with Gasteiger partial charge in [-0.05, 0) is 30.7 Å². The average molecular weight is 295 g/mol. The van der Waals surface area contributed by atoms with Crippen molar-refractivity contribution in [1.82, 2.24) is 4.90 Å². The molecule has 0 aliphatic carbocycles. The van der Waals surface area contributed by atoms with Crippen molar-refractivity contribution in [3.8, 4) is 0 Å². The zero-order chi connectivity index (χ0) is 14.5. The number of nitrogens with two attached hydrogens (primary N) is 1. The molecule has 7 heteroatoms. The van der Waals surface area contributed by atoms with Crippen LogP contribution in [0.25, 0.3) is 0 Å². The summed E-state index contributed by atoms with van der Waals surface area (Å²) in [5.74, 6) is -0.475. The van der Waals surface area contributed by atoms with Crippen LogP contribution in [-0.2, 0) is 9.59 Å². The Balaban J connectivity index is 1.89. The number of nitrogens with zero attached hydrogens (tertiary/aromatic N) is 2. The van der Waals surface area contributed by atoms with Crippen molar-refractivity contribution < 1.29 is 14.3 Å². The number of pyridine rings is 1. The topological polar surface area (TPSA) is 90.3 Å². The zero-order valence-electron chi connectivity index (χ0n) is 11.0. The maximum absolute atomic E-state index is 12.1. The average Bonchev–Trinajstić information content (AvgIpc) is 2.46. The van der Waals surface area contributed by atoms with Crippen molar-refractivity contribution in [2.24, 2.45) is 11.7 Å². The monoisotopic (exact) mass is 295 g/mol. The molecule has 1 saturated heterocycles. The van der Waals surface area contributed by atoms with Gasteiger partial charge in [0, 0.05) is 25.2 Å². The minimum atomic E-state index is -0.351. The third-order valence-corrected chi connectivity index (χ3v) is 4.31. The summed E-state index contributed by atoms with van der Waals surface area (Å²) < 4.78 is 0.736. The first-order chi connectivity index (χ1) is 9.58. The highest BCUT2D eigenvalue weighted by Gasteiger charge is 2.27. The minimum absolute atomic E-state index is 0.0650. The summed E-state index contributed by atoms with van der Waals surface area (Å²) >= 11 is 1.20. The number of rotatable bonds is 4. The van der Waals surface area contributed by atoms with E-state index in [9.17, 15) is 14.8 Å². The fourth-order valence-electron chi connectivity index (χ4n) is 2.19. The van der Waals surface area contributed by atoms with E-state index in [1.807, 2.05) is 0 Å². The first kappa shape index (κ1) is 14.6. The molecule has 1 aliphatic rings. The highest BCUT2D eigenvalue weighted by atomic mass is 32.2. The number of aromatic nitrogens is 1. The first-order valence-electron chi connectivity index (χ1n) is 6.46. The number of thioether (sulfide) groups is 1. The Bertz CT molecular complexity index is 509. The predicted molar refractivity (Wildman–Crippen MR) is 74.6 cm³/mol. The van der Waals surface area contributed by atoms with Gasteiger partial charge < -0.3 is 15.8 Å². The molecule has 2 N–H and O–H groups in total. The van der Waals surface area contributed by atoms with E-state index in [-0.39, 0.29) is 23.5 Å². The molecule has 0 radical (unpaired) electrons. The quantitative estimate of drug-likeness (QED) is 0.486. The summed E-state index contributed by atoms with van der Waals surface area (Å²) in [5, 5.41) is 11.9. The van der Waals surface area contributed by atoms with Crippen LogP contribution in [0.2, 0.25) is 0 Å². The molecule has 20 heavy (non-hydrogen) atoms. The van der Waals surface area contributed by atoms with E-state index >= 15 is 0 Å². The lowest BCUT2D eigenvalue weighted by Crippen LogP contribution is -2.44. The highest BCUT2D eigenvalue weighted by molar-refractivity contribution is 7.99. The van der Waals surface area contributed by atoms with Crippen molar-refractivity contribution in [1.29, 1.82) is 0 Å². The van der Waals surface area contributed by atoms with Gasteiger partial charge in [-0.25, -0.2) is 0 Å².